The summed E-state index contributed by atoms with van der Waals surface area (Å²) < 4.78 is 68.1. The molecule has 0 aromatic heterocycles. The number of carbonyl (C=O) groups excluding carboxylic acids is 1. The lowest BCUT2D eigenvalue weighted by molar-refractivity contribution is 0.102. The molecule has 0 atom stereocenters. The minimum absolute atomic E-state index is 0.0313. The smallest absolute Gasteiger partial charge is 0.261 e. The van der Waals surface area contributed by atoms with Crippen molar-refractivity contribution in [2.24, 2.45) is 0 Å². The number of hydrogen-bond acceptors (Lipinski definition) is 5. The molecule has 0 fully saturated rings. The van der Waals surface area contributed by atoms with E-state index in [1.165, 1.54) is 66.7 Å². The van der Waals surface area contributed by atoms with Crippen LogP contribution in [0.25, 0.3) is 0 Å². The van der Waals surface area contributed by atoms with E-state index in [1.54, 1.807) is 18.2 Å². The van der Waals surface area contributed by atoms with Gasteiger partial charge < -0.3 is 5.32 Å². The normalized spacial score (nSPS) is 11.6. The zero-order valence-electron chi connectivity index (χ0n) is 22.1. The zero-order chi connectivity index (χ0) is 29.1. The fourth-order valence-corrected chi connectivity index (χ4v) is 5.83. The molecule has 4 aromatic carbocycles. The van der Waals surface area contributed by atoms with Gasteiger partial charge in [0.2, 0.25) is 10.0 Å². The van der Waals surface area contributed by atoms with Gasteiger partial charge in [0, 0.05) is 22.5 Å². The lowest BCUT2D eigenvalue weighted by Crippen LogP contribution is -2.29. The lowest BCUT2D eigenvalue weighted by atomic mass is 10.1. The fourth-order valence-electron chi connectivity index (χ4n) is 3.90. The molecule has 4 rings (SSSR count). The zero-order valence-corrected chi connectivity index (χ0v) is 23.7. The molecular weight excluding hydrogens is 553 g/mol. The van der Waals surface area contributed by atoms with Crippen LogP contribution >= 0.6 is 0 Å². The first-order valence-corrected chi connectivity index (χ1v) is 15.5. The Kier molecular flexibility index (Phi) is 8.26. The highest BCUT2D eigenvalue weighted by molar-refractivity contribution is 7.92. The van der Waals surface area contributed by atoms with Crippen LogP contribution < -0.4 is 14.3 Å². The summed E-state index contributed by atoms with van der Waals surface area (Å²) in [7, 11) is -7.57. The van der Waals surface area contributed by atoms with Crippen LogP contribution in [0.3, 0.4) is 0 Å². The molecule has 8 nitrogen and oxygen atoms in total. The molecule has 0 heterocycles. The third-order valence-corrected chi connectivity index (χ3v) is 8.81. The van der Waals surface area contributed by atoms with Gasteiger partial charge in [-0.25, -0.2) is 21.2 Å². The molecule has 11 heteroatoms. The van der Waals surface area contributed by atoms with Crippen LogP contribution in [0.1, 0.15) is 27.0 Å². The van der Waals surface area contributed by atoms with Crippen molar-refractivity contribution >= 4 is 43.0 Å². The first-order chi connectivity index (χ1) is 18.8. The quantitative estimate of drug-likeness (QED) is 0.273. The Bertz CT molecular complexity index is 1760. The van der Waals surface area contributed by atoms with Crippen molar-refractivity contribution in [2.75, 3.05) is 20.6 Å². The SMILES string of the molecule is Cc1ccc(NS(=O)(=O)c2ccc(NC(=O)c3ccc(N(Cc4ccccc4F)S(C)(=O)=O)cc3)cc2)cc1C. The van der Waals surface area contributed by atoms with E-state index in [0.29, 0.717) is 11.4 Å². The van der Waals surface area contributed by atoms with Crippen LogP contribution in [-0.4, -0.2) is 29.0 Å². The summed E-state index contributed by atoms with van der Waals surface area (Å²) in [5.41, 5.74) is 3.56. The number of nitrogens with one attached hydrogen (secondary N) is 2. The van der Waals surface area contributed by atoms with Crippen molar-refractivity contribution in [3.8, 4) is 0 Å². The molecule has 0 saturated carbocycles. The van der Waals surface area contributed by atoms with Gasteiger partial charge in [0.15, 0.2) is 0 Å². The van der Waals surface area contributed by atoms with Gasteiger partial charge in [-0.1, -0.05) is 24.3 Å². The van der Waals surface area contributed by atoms with Gasteiger partial charge in [-0.3, -0.25) is 13.8 Å². The summed E-state index contributed by atoms with van der Waals surface area (Å²) in [6.45, 7) is 3.63. The molecule has 0 aliphatic heterocycles. The highest BCUT2D eigenvalue weighted by Crippen LogP contribution is 2.24. The predicted octanol–water partition coefficient (Wildman–Crippen LogP) is 5.46. The molecule has 4 aromatic rings. The van der Waals surface area contributed by atoms with E-state index in [1.807, 2.05) is 19.9 Å². The topological polar surface area (TPSA) is 113 Å². The van der Waals surface area contributed by atoms with Crippen molar-refractivity contribution in [1.29, 1.82) is 0 Å². The molecule has 0 bridgehead atoms. The molecule has 0 aliphatic rings. The minimum Gasteiger partial charge on any atom is -0.322 e. The van der Waals surface area contributed by atoms with Crippen LogP contribution in [-0.2, 0) is 26.6 Å². The number of halogens is 1. The Hall–Kier alpha value is -4.22. The number of hydrogen-bond donors (Lipinski definition) is 2. The standard InChI is InChI=1S/C29H28FN3O5S2/c1-20-8-11-25(18-21(20)2)32-40(37,38)27-16-12-24(13-17-27)31-29(34)22-9-14-26(15-10-22)33(39(3,35)36)19-23-6-4-5-7-28(23)30/h4-18,32H,19H2,1-3H3,(H,31,34). The van der Waals surface area contributed by atoms with Crippen molar-refractivity contribution in [1.82, 2.24) is 0 Å². The maximum absolute atomic E-state index is 14.1. The molecule has 1 amide bonds. The second-order valence-corrected chi connectivity index (χ2v) is 12.9. The predicted molar refractivity (Wildman–Crippen MR) is 155 cm³/mol. The number of anilines is 3. The van der Waals surface area contributed by atoms with Crippen molar-refractivity contribution < 1.29 is 26.0 Å². The third-order valence-electron chi connectivity index (χ3n) is 6.27. The molecule has 208 valence electrons. The Balaban J connectivity index is 1.45. The number of benzene rings is 4. The monoisotopic (exact) mass is 581 g/mol. The summed E-state index contributed by atoms with van der Waals surface area (Å²) >= 11 is 0. The molecular formula is C29H28FN3O5S2. The van der Waals surface area contributed by atoms with Crippen LogP contribution in [0.15, 0.2) is 95.9 Å². The number of amides is 1. The summed E-state index contributed by atoms with van der Waals surface area (Å²) in [5.74, 6) is -0.998. The molecule has 0 unspecified atom stereocenters. The first kappa shape index (κ1) is 28.8. The van der Waals surface area contributed by atoms with Gasteiger partial charge in [-0.2, -0.15) is 0 Å². The molecule has 0 spiro atoms. The summed E-state index contributed by atoms with van der Waals surface area (Å²) in [6.07, 6.45) is 1.02. The van der Waals surface area contributed by atoms with Gasteiger partial charge in [-0.15, -0.1) is 0 Å². The molecule has 0 saturated heterocycles. The maximum atomic E-state index is 14.1. The number of nitrogens with zero attached hydrogens (tertiary/aromatic N) is 1. The van der Waals surface area contributed by atoms with Crippen LogP contribution in [0, 0.1) is 19.7 Å². The highest BCUT2D eigenvalue weighted by Gasteiger charge is 2.20. The van der Waals surface area contributed by atoms with Crippen molar-refractivity contribution in [3.63, 3.8) is 0 Å². The van der Waals surface area contributed by atoms with E-state index >= 15 is 0 Å². The van der Waals surface area contributed by atoms with E-state index in [4.69, 9.17) is 0 Å². The number of carbonyl (C=O) groups is 1. The largest absolute Gasteiger partial charge is 0.322 e. The summed E-state index contributed by atoms with van der Waals surface area (Å²) in [4.78, 5) is 12.8. The van der Waals surface area contributed by atoms with Gasteiger partial charge in [0.25, 0.3) is 15.9 Å². The Morgan fingerprint density at radius 2 is 1.43 bits per heavy atom. The van der Waals surface area contributed by atoms with E-state index in [2.05, 4.69) is 10.0 Å². The van der Waals surface area contributed by atoms with E-state index < -0.39 is 31.8 Å². The van der Waals surface area contributed by atoms with Crippen molar-refractivity contribution in [3.05, 3.63) is 119 Å². The van der Waals surface area contributed by atoms with Crippen molar-refractivity contribution in [2.45, 2.75) is 25.3 Å². The van der Waals surface area contributed by atoms with E-state index in [9.17, 15) is 26.0 Å². The molecule has 40 heavy (non-hydrogen) atoms. The fraction of sp³-hybridized carbons (Fsp3) is 0.138. The minimum atomic E-state index is -3.83. The van der Waals surface area contributed by atoms with E-state index in [0.717, 1.165) is 21.7 Å². The van der Waals surface area contributed by atoms with Crippen LogP contribution in [0.2, 0.25) is 0 Å². The van der Waals surface area contributed by atoms with Crippen LogP contribution in [0.5, 0.6) is 0 Å². The van der Waals surface area contributed by atoms with Gasteiger partial charge in [0.05, 0.1) is 23.4 Å². The average molecular weight is 582 g/mol. The Morgan fingerprint density at radius 1 is 0.800 bits per heavy atom. The van der Waals surface area contributed by atoms with Gasteiger partial charge in [0.1, 0.15) is 5.82 Å². The lowest BCUT2D eigenvalue weighted by Gasteiger charge is -2.23. The Morgan fingerprint density at radius 3 is 2.02 bits per heavy atom. The average Bonchev–Trinajstić information content (AvgIpc) is 2.90. The number of sulfonamides is 2. The summed E-state index contributed by atoms with van der Waals surface area (Å²) in [5, 5.41) is 2.69. The second-order valence-electron chi connectivity index (χ2n) is 9.29. The maximum Gasteiger partial charge on any atom is 0.261 e. The highest BCUT2D eigenvalue weighted by atomic mass is 32.2. The Labute approximate surface area is 233 Å². The summed E-state index contributed by atoms with van der Waals surface area (Å²) in [6, 6.07) is 22.7. The second kappa shape index (κ2) is 11.5. The first-order valence-electron chi connectivity index (χ1n) is 12.2. The molecule has 0 radical (unpaired) electrons. The van der Waals surface area contributed by atoms with E-state index in [-0.39, 0.29) is 28.3 Å². The van der Waals surface area contributed by atoms with Gasteiger partial charge in [-0.05, 0) is 91.7 Å². The number of rotatable bonds is 9. The van der Waals surface area contributed by atoms with Gasteiger partial charge >= 0.3 is 0 Å². The third kappa shape index (κ3) is 6.85. The molecule has 2 N–H and O–H groups in total. The molecule has 0 aliphatic carbocycles. The number of aryl methyl sites for hydroxylation is 2. The van der Waals surface area contributed by atoms with Crippen LogP contribution in [0.4, 0.5) is 21.5 Å².